The van der Waals surface area contributed by atoms with Gasteiger partial charge in [-0.05, 0) is 13.8 Å². The summed E-state index contributed by atoms with van der Waals surface area (Å²) < 4.78 is 6.45. The van der Waals surface area contributed by atoms with E-state index in [0.29, 0.717) is 13.2 Å². The van der Waals surface area contributed by atoms with Crippen LogP contribution < -0.4 is 0 Å². The zero-order valence-corrected chi connectivity index (χ0v) is 11.2. The number of nitrogens with zero attached hydrogens (tertiary/aromatic N) is 4. The molecular weight excluding hydrogens is 252 g/mol. The third-order valence-electron chi connectivity index (χ3n) is 2.28. The minimum absolute atomic E-state index is 0.111. The maximum atomic E-state index is 11.9. The Kier molecular flexibility index (Phi) is 5.43. The Morgan fingerprint density at radius 1 is 1.53 bits per heavy atom. The van der Waals surface area contributed by atoms with Crippen molar-refractivity contribution in [2.24, 2.45) is 0 Å². The van der Waals surface area contributed by atoms with Crippen LogP contribution in [-0.2, 0) is 16.1 Å². The highest BCUT2D eigenvalue weighted by Crippen LogP contribution is 1.99. The molecule has 0 aliphatic rings. The summed E-state index contributed by atoms with van der Waals surface area (Å²) in [6.07, 6.45) is 1.43. The highest BCUT2D eigenvalue weighted by molar-refractivity contribution is 5.91. The topological polar surface area (TPSA) is 97.5 Å². The van der Waals surface area contributed by atoms with Gasteiger partial charge in [0, 0.05) is 13.6 Å². The Morgan fingerprint density at radius 2 is 2.21 bits per heavy atom. The quantitative estimate of drug-likeness (QED) is 0.740. The third kappa shape index (κ3) is 5.04. The number of carboxylic acid groups (broad SMARTS) is 1. The maximum absolute atomic E-state index is 11.9. The van der Waals surface area contributed by atoms with Crippen LogP contribution >= 0.6 is 0 Å². The first kappa shape index (κ1) is 15.1. The van der Waals surface area contributed by atoms with Crippen molar-refractivity contribution in [3.63, 3.8) is 0 Å². The Bertz CT molecular complexity index is 444. The van der Waals surface area contributed by atoms with Crippen LogP contribution in [0.4, 0.5) is 0 Å². The predicted octanol–water partition coefficient (Wildman–Crippen LogP) is -0.140. The summed E-state index contributed by atoms with van der Waals surface area (Å²) in [7, 11) is 1.63. The fraction of sp³-hybridized carbons (Fsp3) is 0.636. The monoisotopic (exact) mass is 270 g/mol. The summed E-state index contributed by atoms with van der Waals surface area (Å²) in [6, 6.07) is 0. The molecule has 8 heteroatoms. The van der Waals surface area contributed by atoms with Crippen molar-refractivity contribution >= 4 is 11.9 Å². The highest BCUT2D eigenvalue weighted by Gasteiger charge is 2.16. The molecule has 0 aliphatic carbocycles. The number of aliphatic carboxylic acids is 1. The Morgan fingerprint density at radius 3 is 2.79 bits per heavy atom. The van der Waals surface area contributed by atoms with Crippen molar-refractivity contribution < 1.29 is 19.4 Å². The van der Waals surface area contributed by atoms with E-state index in [1.807, 2.05) is 13.8 Å². The molecule has 0 unspecified atom stereocenters. The average Bonchev–Trinajstić information content (AvgIpc) is 2.74. The van der Waals surface area contributed by atoms with Gasteiger partial charge in [-0.15, -0.1) is 5.10 Å². The number of ether oxygens (including phenoxy) is 1. The SMILES string of the molecule is CC(C)OCCN(C)C(=O)c1cn(CC(=O)O)nn1. The smallest absolute Gasteiger partial charge is 0.325 e. The van der Waals surface area contributed by atoms with Crippen LogP contribution in [0.25, 0.3) is 0 Å². The minimum atomic E-state index is -1.04. The lowest BCUT2D eigenvalue weighted by molar-refractivity contribution is -0.137. The minimum Gasteiger partial charge on any atom is -0.480 e. The van der Waals surface area contributed by atoms with Gasteiger partial charge in [0.05, 0.1) is 18.9 Å². The summed E-state index contributed by atoms with van der Waals surface area (Å²) in [5.74, 6) is -1.36. The molecule has 0 fully saturated rings. The number of likely N-dealkylation sites (N-methyl/N-ethyl adjacent to an activating group) is 1. The summed E-state index contributed by atoms with van der Waals surface area (Å²) in [5, 5.41) is 15.8. The predicted molar refractivity (Wildman–Crippen MR) is 65.7 cm³/mol. The molecule has 0 aliphatic heterocycles. The molecule has 0 radical (unpaired) electrons. The van der Waals surface area contributed by atoms with E-state index in [2.05, 4.69) is 10.3 Å². The lowest BCUT2D eigenvalue weighted by atomic mass is 10.4. The normalized spacial score (nSPS) is 10.7. The molecule has 1 aromatic rings. The fourth-order valence-electron chi connectivity index (χ4n) is 1.33. The van der Waals surface area contributed by atoms with Crippen LogP contribution in [-0.4, -0.2) is 63.2 Å². The van der Waals surface area contributed by atoms with E-state index < -0.39 is 5.97 Å². The van der Waals surface area contributed by atoms with E-state index in [0.717, 1.165) is 4.68 Å². The largest absolute Gasteiger partial charge is 0.480 e. The third-order valence-corrected chi connectivity index (χ3v) is 2.28. The van der Waals surface area contributed by atoms with Gasteiger partial charge in [0.1, 0.15) is 6.54 Å². The second-order valence-electron chi connectivity index (χ2n) is 4.34. The van der Waals surface area contributed by atoms with Gasteiger partial charge in [0.25, 0.3) is 5.91 Å². The van der Waals surface area contributed by atoms with Crippen molar-refractivity contribution in [2.75, 3.05) is 20.2 Å². The maximum Gasteiger partial charge on any atom is 0.325 e. The van der Waals surface area contributed by atoms with Crippen molar-refractivity contribution in [3.8, 4) is 0 Å². The van der Waals surface area contributed by atoms with E-state index in [-0.39, 0.29) is 24.2 Å². The molecule has 1 aromatic heterocycles. The van der Waals surface area contributed by atoms with Gasteiger partial charge in [-0.1, -0.05) is 5.21 Å². The first-order valence-corrected chi connectivity index (χ1v) is 5.89. The second-order valence-corrected chi connectivity index (χ2v) is 4.34. The number of carbonyl (C=O) groups is 2. The zero-order valence-electron chi connectivity index (χ0n) is 11.2. The van der Waals surface area contributed by atoms with Gasteiger partial charge in [-0.3, -0.25) is 9.59 Å². The average molecular weight is 270 g/mol. The molecule has 1 amide bonds. The number of carboxylic acids is 1. The summed E-state index contributed by atoms with van der Waals surface area (Å²) in [5.41, 5.74) is 0.119. The van der Waals surface area contributed by atoms with Crippen LogP contribution in [0.3, 0.4) is 0 Å². The fourth-order valence-corrected chi connectivity index (χ4v) is 1.33. The van der Waals surface area contributed by atoms with Gasteiger partial charge >= 0.3 is 5.97 Å². The van der Waals surface area contributed by atoms with Crippen molar-refractivity contribution in [1.29, 1.82) is 0 Å². The molecule has 19 heavy (non-hydrogen) atoms. The number of hydrogen-bond donors (Lipinski definition) is 1. The van der Waals surface area contributed by atoms with E-state index in [4.69, 9.17) is 9.84 Å². The molecule has 0 aromatic carbocycles. The molecule has 0 atom stereocenters. The van der Waals surface area contributed by atoms with Crippen LogP contribution in [0, 0.1) is 0 Å². The Hall–Kier alpha value is -1.96. The van der Waals surface area contributed by atoms with E-state index >= 15 is 0 Å². The molecule has 1 heterocycles. The number of aromatic nitrogens is 3. The van der Waals surface area contributed by atoms with Crippen LogP contribution in [0.1, 0.15) is 24.3 Å². The molecule has 1 rings (SSSR count). The van der Waals surface area contributed by atoms with Crippen molar-refractivity contribution in [3.05, 3.63) is 11.9 Å². The van der Waals surface area contributed by atoms with Gasteiger partial charge in [0.2, 0.25) is 0 Å². The van der Waals surface area contributed by atoms with E-state index in [1.165, 1.54) is 11.1 Å². The molecule has 1 N–H and O–H groups in total. The lowest BCUT2D eigenvalue weighted by Crippen LogP contribution is -2.31. The van der Waals surface area contributed by atoms with Gasteiger partial charge in [-0.2, -0.15) is 0 Å². The first-order valence-electron chi connectivity index (χ1n) is 5.89. The summed E-state index contributed by atoms with van der Waals surface area (Å²) in [6.45, 7) is 4.38. The summed E-state index contributed by atoms with van der Waals surface area (Å²) >= 11 is 0. The number of rotatable bonds is 7. The first-order chi connectivity index (χ1) is 8.90. The zero-order chi connectivity index (χ0) is 14.4. The van der Waals surface area contributed by atoms with E-state index in [9.17, 15) is 9.59 Å². The molecule has 8 nitrogen and oxygen atoms in total. The van der Waals surface area contributed by atoms with Crippen molar-refractivity contribution in [2.45, 2.75) is 26.5 Å². The van der Waals surface area contributed by atoms with Gasteiger partial charge in [0.15, 0.2) is 5.69 Å². The number of amides is 1. The number of hydrogen-bond acceptors (Lipinski definition) is 5. The van der Waals surface area contributed by atoms with Crippen LogP contribution in [0.5, 0.6) is 0 Å². The lowest BCUT2D eigenvalue weighted by Gasteiger charge is -2.16. The van der Waals surface area contributed by atoms with Gasteiger partial charge < -0.3 is 14.7 Å². The Labute approximate surface area is 111 Å². The van der Waals surface area contributed by atoms with E-state index in [1.54, 1.807) is 7.05 Å². The molecular formula is C11H18N4O4. The number of carbonyl (C=O) groups excluding carboxylic acids is 1. The van der Waals surface area contributed by atoms with Gasteiger partial charge in [-0.25, -0.2) is 4.68 Å². The molecule has 0 saturated heterocycles. The highest BCUT2D eigenvalue weighted by atomic mass is 16.5. The standard InChI is InChI=1S/C11H18N4O4/c1-8(2)19-5-4-14(3)11(18)9-6-15(13-12-9)7-10(16)17/h6,8H,4-5,7H2,1-3H3,(H,16,17). The molecule has 106 valence electrons. The van der Waals surface area contributed by atoms with Crippen LogP contribution in [0.2, 0.25) is 0 Å². The molecule has 0 saturated carbocycles. The molecule has 0 bridgehead atoms. The van der Waals surface area contributed by atoms with Crippen molar-refractivity contribution in [1.82, 2.24) is 19.9 Å². The second kappa shape index (κ2) is 6.83. The summed E-state index contributed by atoms with van der Waals surface area (Å²) in [4.78, 5) is 23.9. The van der Waals surface area contributed by atoms with Crippen LogP contribution in [0.15, 0.2) is 6.20 Å². The molecule has 0 spiro atoms. The Balaban J connectivity index is 2.52.